The number of hydrogen-bond donors (Lipinski definition) is 1. The minimum absolute atomic E-state index is 0.158. The first-order valence-corrected chi connectivity index (χ1v) is 8.03. The summed E-state index contributed by atoms with van der Waals surface area (Å²) in [6.45, 7) is 0.994. The Labute approximate surface area is 134 Å². The van der Waals surface area contributed by atoms with Crippen LogP contribution in [0, 0.1) is 5.82 Å². The number of nitrogens with one attached hydrogen (secondary N) is 1. The fraction of sp³-hybridized carbons (Fsp3) is 0.333. The van der Waals surface area contributed by atoms with E-state index in [-0.39, 0.29) is 11.1 Å². The third-order valence-electron chi connectivity index (χ3n) is 4.73. The molecule has 0 saturated carbocycles. The molecule has 4 rings (SSSR count). The van der Waals surface area contributed by atoms with Crippen molar-refractivity contribution in [2.24, 2.45) is 0 Å². The van der Waals surface area contributed by atoms with Gasteiger partial charge in [-0.05, 0) is 31.0 Å². The fourth-order valence-electron chi connectivity index (χ4n) is 3.68. The fourth-order valence-corrected chi connectivity index (χ4v) is 3.86. The van der Waals surface area contributed by atoms with Crippen LogP contribution in [0.1, 0.15) is 24.0 Å². The van der Waals surface area contributed by atoms with Gasteiger partial charge in [-0.2, -0.15) is 0 Å². The maximum absolute atomic E-state index is 13.8. The molecule has 4 heteroatoms. The highest BCUT2D eigenvalue weighted by atomic mass is 35.5. The Morgan fingerprint density at radius 2 is 2.05 bits per heavy atom. The zero-order chi connectivity index (χ0) is 15.2. The molecule has 1 N–H and O–H groups in total. The Kier molecular flexibility index (Phi) is 3.35. The van der Waals surface area contributed by atoms with Gasteiger partial charge in [0.15, 0.2) is 5.60 Å². The molecule has 0 spiro atoms. The molecule has 0 radical (unpaired) electrons. The molecule has 2 aromatic carbocycles. The first-order chi connectivity index (χ1) is 10.7. The monoisotopic (exact) mass is 317 g/mol. The number of rotatable bonds is 2. The lowest BCUT2D eigenvalue weighted by Crippen LogP contribution is -2.48. The second kappa shape index (κ2) is 5.25. The SMILES string of the molecule is Fc1cc2c(cc1Cl)C[C@](c1ccccc1)([C@@H]1CCCN1)O2. The third kappa shape index (κ3) is 2.11. The lowest BCUT2D eigenvalue weighted by atomic mass is 9.82. The highest BCUT2D eigenvalue weighted by Gasteiger charge is 2.48. The molecule has 2 aromatic rings. The van der Waals surface area contributed by atoms with Crippen molar-refractivity contribution in [3.8, 4) is 5.75 Å². The molecule has 22 heavy (non-hydrogen) atoms. The van der Waals surface area contributed by atoms with E-state index in [1.165, 1.54) is 6.07 Å². The summed E-state index contributed by atoms with van der Waals surface area (Å²) in [6, 6.07) is 13.6. The Balaban J connectivity index is 1.81. The van der Waals surface area contributed by atoms with Gasteiger partial charge >= 0.3 is 0 Å². The highest BCUT2D eigenvalue weighted by Crippen LogP contribution is 2.46. The van der Waals surface area contributed by atoms with Crippen LogP contribution >= 0.6 is 11.6 Å². The molecule has 1 saturated heterocycles. The standard InChI is InChI=1S/C18H17ClFNO/c19-14-9-12-11-18(17-7-4-8-21-17,13-5-2-1-3-6-13)22-16(12)10-15(14)20/h1-3,5-6,9-10,17,21H,4,7-8,11H2/t17-,18-/m0/s1. The molecule has 0 bridgehead atoms. The van der Waals surface area contributed by atoms with Gasteiger partial charge in [-0.25, -0.2) is 4.39 Å². The summed E-state index contributed by atoms with van der Waals surface area (Å²) in [7, 11) is 0. The summed E-state index contributed by atoms with van der Waals surface area (Å²) < 4.78 is 20.1. The highest BCUT2D eigenvalue weighted by molar-refractivity contribution is 6.30. The van der Waals surface area contributed by atoms with E-state index < -0.39 is 11.4 Å². The van der Waals surface area contributed by atoms with Gasteiger partial charge in [-0.1, -0.05) is 41.9 Å². The van der Waals surface area contributed by atoms with E-state index in [4.69, 9.17) is 16.3 Å². The summed E-state index contributed by atoms with van der Waals surface area (Å²) in [6.07, 6.45) is 2.90. The van der Waals surface area contributed by atoms with Gasteiger partial charge in [-0.3, -0.25) is 0 Å². The second-order valence-electron chi connectivity index (χ2n) is 6.06. The number of halogens is 2. The summed E-state index contributed by atoms with van der Waals surface area (Å²) in [5, 5.41) is 3.71. The zero-order valence-electron chi connectivity index (χ0n) is 12.1. The first-order valence-electron chi connectivity index (χ1n) is 7.65. The normalized spacial score (nSPS) is 26.7. The molecule has 114 valence electrons. The van der Waals surface area contributed by atoms with E-state index >= 15 is 0 Å². The van der Waals surface area contributed by atoms with Crippen molar-refractivity contribution in [1.29, 1.82) is 0 Å². The van der Waals surface area contributed by atoms with Crippen molar-refractivity contribution in [2.45, 2.75) is 30.9 Å². The van der Waals surface area contributed by atoms with Crippen LogP contribution in [0.25, 0.3) is 0 Å². The molecular formula is C18H17ClFNO. The lowest BCUT2D eigenvalue weighted by molar-refractivity contribution is 0.0539. The summed E-state index contributed by atoms with van der Waals surface area (Å²) in [5.41, 5.74) is 1.63. The van der Waals surface area contributed by atoms with Crippen LogP contribution in [0.2, 0.25) is 5.02 Å². The van der Waals surface area contributed by atoms with Gasteiger partial charge in [0.1, 0.15) is 11.6 Å². The van der Waals surface area contributed by atoms with E-state index in [9.17, 15) is 4.39 Å². The van der Waals surface area contributed by atoms with Crippen LogP contribution in [0.5, 0.6) is 5.75 Å². The van der Waals surface area contributed by atoms with Crippen molar-refractivity contribution in [2.75, 3.05) is 6.54 Å². The minimum atomic E-state index is -0.475. The number of benzene rings is 2. The summed E-state index contributed by atoms with van der Waals surface area (Å²) in [5.74, 6) is 0.183. The molecule has 2 atom stereocenters. The molecule has 2 heterocycles. The van der Waals surface area contributed by atoms with Crippen molar-refractivity contribution < 1.29 is 9.13 Å². The molecule has 2 aliphatic rings. The average Bonchev–Trinajstić information content (AvgIpc) is 3.17. The van der Waals surface area contributed by atoms with E-state index in [1.54, 1.807) is 6.07 Å². The Morgan fingerprint density at radius 3 is 2.77 bits per heavy atom. The van der Waals surface area contributed by atoms with E-state index in [1.807, 2.05) is 18.2 Å². The maximum atomic E-state index is 13.8. The van der Waals surface area contributed by atoms with Crippen LogP contribution in [0.15, 0.2) is 42.5 Å². The molecule has 0 aliphatic carbocycles. The van der Waals surface area contributed by atoms with Gasteiger partial charge < -0.3 is 10.1 Å². The Bertz CT molecular complexity index is 667. The van der Waals surface area contributed by atoms with E-state index in [0.717, 1.165) is 30.5 Å². The maximum Gasteiger partial charge on any atom is 0.153 e. The first kappa shape index (κ1) is 14.0. The predicted octanol–water partition coefficient (Wildman–Crippen LogP) is 4.06. The van der Waals surface area contributed by atoms with Crippen molar-refractivity contribution in [1.82, 2.24) is 5.32 Å². The van der Waals surface area contributed by atoms with Crippen LogP contribution in [0.3, 0.4) is 0 Å². The van der Waals surface area contributed by atoms with Crippen molar-refractivity contribution in [3.63, 3.8) is 0 Å². The Morgan fingerprint density at radius 1 is 1.23 bits per heavy atom. The molecule has 2 aliphatic heterocycles. The molecule has 0 unspecified atom stereocenters. The van der Waals surface area contributed by atoms with Gasteiger partial charge in [0.25, 0.3) is 0 Å². The Hall–Kier alpha value is -1.58. The van der Waals surface area contributed by atoms with E-state index in [0.29, 0.717) is 12.2 Å². The molecule has 1 fully saturated rings. The second-order valence-corrected chi connectivity index (χ2v) is 6.46. The number of ether oxygens (including phenoxy) is 1. The van der Waals surface area contributed by atoms with Crippen molar-refractivity contribution >= 4 is 11.6 Å². The predicted molar refractivity (Wildman–Crippen MR) is 84.9 cm³/mol. The quantitative estimate of drug-likeness (QED) is 0.902. The van der Waals surface area contributed by atoms with Crippen LogP contribution in [-0.4, -0.2) is 12.6 Å². The molecule has 0 aromatic heterocycles. The van der Waals surface area contributed by atoms with Gasteiger partial charge in [0, 0.05) is 18.1 Å². The van der Waals surface area contributed by atoms with Gasteiger partial charge in [0.2, 0.25) is 0 Å². The largest absolute Gasteiger partial charge is 0.480 e. The van der Waals surface area contributed by atoms with Crippen LogP contribution in [-0.2, 0) is 12.0 Å². The third-order valence-corrected chi connectivity index (χ3v) is 5.02. The van der Waals surface area contributed by atoms with Crippen LogP contribution in [0.4, 0.5) is 4.39 Å². The van der Waals surface area contributed by atoms with Crippen LogP contribution < -0.4 is 10.1 Å². The van der Waals surface area contributed by atoms with Gasteiger partial charge in [-0.15, -0.1) is 0 Å². The number of fused-ring (bicyclic) bond motifs is 1. The topological polar surface area (TPSA) is 21.3 Å². The zero-order valence-corrected chi connectivity index (χ0v) is 12.9. The van der Waals surface area contributed by atoms with Crippen molar-refractivity contribution in [3.05, 3.63) is 64.4 Å². The van der Waals surface area contributed by atoms with Gasteiger partial charge in [0.05, 0.1) is 11.1 Å². The molecular weight excluding hydrogens is 301 g/mol. The lowest BCUT2D eigenvalue weighted by Gasteiger charge is -2.35. The minimum Gasteiger partial charge on any atom is -0.480 e. The summed E-state index contributed by atoms with van der Waals surface area (Å²) >= 11 is 5.94. The van der Waals surface area contributed by atoms with E-state index in [2.05, 4.69) is 17.4 Å². The average molecular weight is 318 g/mol. The molecule has 2 nitrogen and oxygen atoms in total. The molecule has 0 amide bonds. The smallest absolute Gasteiger partial charge is 0.153 e. The number of hydrogen-bond acceptors (Lipinski definition) is 2. The summed E-state index contributed by atoms with van der Waals surface area (Å²) in [4.78, 5) is 0.